The second-order valence-electron chi connectivity index (χ2n) is 10.5. The van der Waals surface area contributed by atoms with Gasteiger partial charge in [-0.25, -0.2) is 4.79 Å². The van der Waals surface area contributed by atoms with E-state index in [1.807, 2.05) is 12.1 Å². The number of carbonyl (C=O) groups is 1. The Labute approximate surface area is 204 Å². The Bertz CT molecular complexity index is 789. The van der Waals surface area contributed by atoms with Crippen molar-refractivity contribution in [2.75, 3.05) is 13.2 Å². The van der Waals surface area contributed by atoms with Crippen LogP contribution in [0.5, 0.6) is 5.75 Å². The van der Waals surface area contributed by atoms with Gasteiger partial charge in [-0.05, 0) is 92.7 Å². The highest BCUT2D eigenvalue weighted by Crippen LogP contribution is 2.48. The number of carboxylic acids is 1. The van der Waals surface area contributed by atoms with Crippen molar-refractivity contribution < 1.29 is 29.2 Å². The van der Waals surface area contributed by atoms with Gasteiger partial charge in [0, 0.05) is 6.61 Å². The number of aliphatic carboxylic acids is 1. The van der Waals surface area contributed by atoms with Gasteiger partial charge in [0.15, 0.2) is 12.9 Å². The van der Waals surface area contributed by atoms with Crippen LogP contribution in [0.3, 0.4) is 0 Å². The first-order valence-electron chi connectivity index (χ1n) is 13.5. The summed E-state index contributed by atoms with van der Waals surface area (Å²) in [5, 5.41) is 20.0. The van der Waals surface area contributed by atoms with Crippen LogP contribution in [-0.2, 0) is 27.1 Å². The first-order chi connectivity index (χ1) is 16.5. The fourth-order valence-electron chi connectivity index (χ4n) is 6.39. The fourth-order valence-corrected chi connectivity index (χ4v) is 6.39. The van der Waals surface area contributed by atoms with Gasteiger partial charge in [-0.15, -0.1) is 0 Å². The molecule has 0 amide bonds. The van der Waals surface area contributed by atoms with Crippen LogP contribution in [0.2, 0.25) is 0 Å². The second kappa shape index (κ2) is 12.4. The number of benzene rings is 1. The van der Waals surface area contributed by atoms with E-state index >= 15 is 0 Å². The zero-order valence-corrected chi connectivity index (χ0v) is 20.6. The molecule has 1 aromatic carbocycles. The number of hydrogen-bond acceptors (Lipinski definition) is 5. The summed E-state index contributed by atoms with van der Waals surface area (Å²) in [7, 11) is 0. The quantitative estimate of drug-likeness (QED) is 0.408. The van der Waals surface area contributed by atoms with Crippen molar-refractivity contribution in [3.8, 4) is 5.75 Å². The molecule has 2 aliphatic carbocycles. The van der Waals surface area contributed by atoms with E-state index in [0.29, 0.717) is 17.6 Å². The van der Waals surface area contributed by atoms with E-state index in [1.54, 1.807) is 0 Å². The molecule has 3 aliphatic rings. The Balaban J connectivity index is 1.38. The average molecular weight is 475 g/mol. The number of fused-ring (bicyclic) bond motifs is 2. The molecule has 2 fully saturated rings. The van der Waals surface area contributed by atoms with Crippen molar-refractivity contribution >= 4 is 5.97 Å². The van der Waals surface area contributed by atoms with E-state index in [2.05, 4.69) is 13.0 Å². The lowest BCUT2D eigenvalue weighted by atomic mass is 9.73. The van der Waals surface area contributed by atoms with E-state index in [-0.39, 0.29) is 31.0 Å². The predicted molar refractivity (Wildman–Crippen MR) is 130 cm³/mol. The van der Waals surface area contributed by atoms with Crippen LogP contribution in [-0.4, -0.2) is 47.9 Å². The number of aliphatic hydroxyl groups excluding tert-OH is 1. The van der Waals surface area contributed by atoms with Crippen LogP contribution >= 0.6 is 0 Å². The second-order valence-corrected chi connectivity index (χ2v) is 10.5. The van der Waals surface area contributed by atoms with Gasteiger partial charge in [0.05, 0.1) is 12.2 Å². The highest BCUT2D eigenvalue weighted by atomic mass is 16.7. The third kappa shape index (κ3) is 6.52. The molecule has 6 heteroatoms. The Morgan fingerprint density at radius 1 is 1.21 bits per heavy atom. The molecule has 0 radical (unpaired) electrons. The van der Waals surface area contributed by atoms with Crippen LogP contribution in [0.1, 0.15) is 82.3 Å². The van der Waals surface area contributed by atoms with E-state index in [0.717, 1.165) is 63.5 Å². The minimum absolute atomic E-state index is 0.0626. The van der Waals surface area contributed by atoms with Gasteiger partial charge >= 0.3 is 5.97 Å². The number of hydrogen-bond donors (Lipinski definition) is 2. The number of ether oxygens (including phenoxy) is 3. The lowest BCUT2D eigenvalue weighted by Gasteiger charge is -2.33. The standard InChI is InChI=1S/C28H42O6/c1-2-3-4-9-21(34-28-11-5-6-14-32-28)12-13-22-23-15-19-8-7-10-26(33-18-27(30)31)24(19)16-20(23)17-25(22)29/h7-8,10,20-23,25,28-29H,2-6,9,11-18H2,1H3,(H,30,31)/t20-,21?,22?,23-,25+,28?/m0/s1. The van der Waals surface area contributed by atoms with Crippen LogP contribution in [0.4, 0.5) is 0 Å². The van der Waals surface area contributed by atoms with Gasteiger partial charge in [0.2, 0.25) is 0 Å². The summed E-state index contributed by atoms with van der Waals surface area (Å²) in [6, 6.07) is 5.97. The maximum absolute atomic E-state index is 11.0. The number of carboxylic acid groups (broad SMARTS) is 1. The zero-order valence-electron chi connectivity index (χ0n) is 20.6. The normalized spacial score (nSPS) is 29.3. The van der Waals surface area contributed by atoms with Crippen molar-refractivity contribution in [1.82, 2.24) is 0 Å². The van der Waals surface area contributed by atoms with Crippen LogP contribution in [0.25, 0.3) is 0 Å². The third-order valence-corrected chi connectivity index (χ3v) is 8.13. The first kappa shape index (κ1) is 25.5. The maximum Gasteiger partial charge on any atom is 0.341 e. The number of aliphatic hydroxyl groups is 1. The zero-order chi connectivity index (χ0) is 23.9. The van der Waals surface area contributed by atoms with Gasteiger partial charge in [0.25, 0.3) is 0 Å². The molecule has 1 aromatic rings. The molecule has 0 spiro atoms. The van der Waals surface area contributed by atoms with Crippen molar-refractivity contribution in [3.05, 3.63) is 29.3 Å². The molecule has 1 saturated heterocycles. The molecule has 2 N–H and O–H groups in total. The summed E-state index contributed by atoms with van der Waals surface area (Å²) in [6.07, 6.45) is 12.4. The van der Waals surface area contributed by atoms with E-state index in [9.17, 15) is 9.90 Å². The molecule has 190 valence electrons. The molecule has 1 aliphatic heterocycles. The van der Waals surface area contributed by atoms with Gasteiger partial charge in [0.1, 0.15) is 5.75 Å². The highest BCUT2D eigenvalue weighted by molar-refractivity contribution is 5.68. The van der Waals surface area contributed by atoms with Crippen LogP contribution in [0.15, 0.2) is 18.2 Å². The largest absolute Gasteiger partial charge is 0.482 e. The predicted octanol–water partition coefficient (Wildman–Crippen LogP) is 5.13. The Morgan fingerprint density at radius 2 is 2.09 bits per heavy atom. The fraction of sp³-hybridized carbons (Fsp3) is 0.750. The summed E-state index contributed by atoms with van der Waals surface area (Å²) in [5.74, 6) is 0.888. The minimum Gasteiger partial charge on any atom is -0.482 e. The molecule has 4 rings (SSSR count). The van der Waals surface area contributed by atoms with E-state index in [4.69, 9.17) is 19.3 Å². The first-order valence-corrected chi connectivity index (χ1v) is 13.5. The van der Waals surface area contributed by atoms with Crippen molar-refractivity contribution in [2.24, 2.45) is 17.8 Å². The average Bonchev–Trinajstić information content (AvgIpc) is 3.14. The minimum atomic E-state index is -0.961. The third-order valence-electron chi connectivity index (χ3n) is 8.13. The molecule has 1 heterocycles. The monoisotopic (exact) mass is 474 g/mol. The highest BCUT2D eigenvalue weighted by Gasteiger charge is 2.45. The summed E-state index contributed by atoms with van der Waals surface area (Å²) >= 11 is 0. The summed E-state index contributed by atoms with van der Waals surface area (Å²) in [4.78, 5) is 11.0. The van der Waals surface area contributed by atoms with Gasteiger partial charge in [-0.3, -0.25) is 0 Å². The molecule has 3 unspecified atom stereocenters. The summed E-state index contributed by atoms with van der Waals surface area (Å²) in [5.41, 5.74) is 2.38. The molecule has 34 heavy (non-hydrogen) atoms. The molecule has 0 bridgehead atoms. The van der Waals surface area contributed by atoms with Gasteiger partial charge in [-0.2, -0.15) is 0 Å². The number of rotatable bonds is 12. The molecule has 6 nitrogen and oxygen atoms in total. The van der Waals surface area contributed by atoms with Crippen LogP contribution in [0, 0.1) is 17.8 Å². The molecule has 1 saturated carbocycles. The Kier molecular flexibility index (Phi) is 9.26. The van der Waals surface area contributed by atoms with Gasteiger partial charge in [-0.1, -0.05) is 38.3 Å². The molecule has 6 atom stereocenters. The van der Waals surface area contributed by atoms with Crippen molar-refractivity contribution in [3.63, 3.8) is 0 Å². The van der Waals surface area contributed by atoms with E-state index < -0.39 is 5.97 Å². The smallest absolute Gasteiger partial charge is 0.341 e. The van der Waals surface area contributed by atoms with Gasteiger partial charge < -0.3 is 24.4 Å². The van der Waals surface area contributed by atoms with E-state index in [1.165, 1.54) is 31.2 Å². The van der Waals surface area contributed by atoms with Crippen molar-refractivity contribution in [1.29, 1.82) is 0 Å². The lowest BCUT2D eigenvalue weighted by molar-refractivity contribution is -0.191. The molecule has 0 aromatic heterocycles. The maximum atomic E-state index is 11.0. The SMILES string of the molecule is CCCCCC(CCC1[C@H](O)C[C@@H]2Cc3c(cccc3OCC(=O)O)C[C@H]12)OC1CCCCO1. The topological polar surface area (TPSA) is 85.2 Å². The van der Waals surface area contributed by atoms with Crippen molar-refractivity contribution in [2.45, 2.75) is 102 Å². The Morgan fingerprint density at radius 3 is 2.85 bits per heavy atom. The number of unbranched alkanes of at least 4 members (excludes halogenated alkanes) is 2. The summed E-state index contributed by atoms with van der Waals surface area (Å²) in [6.45, 7) is 2.71. The summed E-state index contributed by atoms with van der Waals surface area (Å²) < 4.78 is 17.9. The molecular formula is C28H42O6. The lowest BCUT2D eigenvalue weighted by Crippen LogP contribution is -2.31. The molecular weight excluding hydrogens is 432 g/mol. The Hall–Kier alpha value is -1.63. The van der Waals surface area contributed by atoms with Crippen LogP contribution < -0.4 is 4.74 Å².